The van der Waals surface area contributed by atoms with Gasteiger partial charge in [0.2, 0.25) is 0 Å². The van der Waals surface area contributed by atoms with Crippen LogP contribution in [-0.2, 0) is 25.2 Å². The number of carboxylic acid groups (broad SMARTS) is 1. The molecule has 215 valence electrons. The molecule has 2 atom stereocenters. The van der Waals surface area contributed by atoms with Gasteiger partial charge in [0, 0.05) is 36.2 Å². The molecular weight excluding hydrogens is 514 g/mol. The molecule has 1 aromatic carbocycles. The van der Waals surface area contributed by atoms with Gasteiger partial charge in [-0.2, -0.15) is 0 Å². The molecule has 1 rings (SSSR count). The summed E-state index contributed by atoms with van der Waals surface area (Å²) in [6.45, 7) is 2.96. The maximum absolute atomic E-state index is 11.6. The topological polar surface area (TPSA) is 102 Å². The van der Waals surface area contributed by atoms with E-state index in [1.165, 1.54) is 89.9 Å². The van der Waals surface area contributed by atoms with E-state index in [9.17, 15) is 14.3 Å². The van der Waals surface area contributed by atoms with Crippen LogP contribution >= 0.6 is 7.60 Å². The summed E-state index contributed by atoms with van der Waals surface area (Å²) in [5.74, 6) is 0. The van der Waals surface area contributed by atoms with Crippen molar-refractivity contribution in [3.63, 3.8) is 0 Å². The van der Waals surface area contributed by atoms with Crippen molar-refractivity contribution in [2.24, 2.45) is 0 Å². The fourth-order valence-electron chi connectivity index (χ4n) is 4.14. The van der Waals surface area contributed by atoms with E-state index in [1.54, 1.807) is 0 Å². The van der Waals surface area contributed by atoms with E-state index in [-0.39, 0.29) is 49.4 Å². The minimum atomic E-state index is -4.71. The van der Waals surface area contributed by atoms with E-state index < -0.39 is 19.4 Å². The van der Waals surface area contributed by atoms with Gasteiger partial charge in [-0.1, -0.05) is 134 Å². The van der Waals surface area contributed by atoms with E-state index >= 15 is 0 Å². The van der Waals surface area contributed by atoms with E-state index in [1.807, 2.05) is 30.3 Å². The van der Waals surface area contributed by atoms with Crippen molar-refractivity contribution in [2.75, 3.05) is 19.8 Å². The molecule has 2 N–H and O–H groups in total. The zero-order chi connectivity index (χ0) is 27.0. The summed E-state index contributed by atoms with van der Waals surface area (Å²) >= 11 is 0. The minimum Gasteiger partial charge on any atom is -0.472 e. The molecule has 0 saturated heterocycles. The maximum atomic E-state index is 11.6. The Bertz CT molecular complexity index is 720. The first-order valence-electron chi connectivity index (χ1n) is 14.4. The van der Waals surface area contributed by atoms with Crippen LogP contribution in [0.4, 0.5) is 4.79 Å². The predicted octanol–water partition coefficient (Wildman–Crippen LogP) is 8.35. The average Bonchev–Trinajstić information content (AvgIpc) is 2.89. The predicted molar refractivity (Wildman–Crippen MR) is 155 cm³/mol. The number of hydrogen-bond acceptors (Lipinski definition) is 5. The molecule has 0 bridgehead atoms. The smallest absolute Gasteiger partial charge is 0.435 e. The van der Waals surface area contributed by atoms with Crippen molar-refractivity contribution < 1.29 is 33.4 Å². The van der Waals surface area contributed by atoms with Crippen molar-refractivity contribution >= 4 is 42.9 Å². The zero-order valence-electron chi connectivity index (χ0n) is 24.0. The Morgan fingerprint density at radius 1 is 0.789 bits per heavy atom. The summed E-state index contributed by atoms with van der Waals surface area (Å²) in [7, 11) is -4.71. The van der Waals surface area contributed by atoms with Gasteiger partial charge >= 0.3 is 13.3 Å². The van der Waals surface area contributed by atoms with Gasteiger partial charge in [0.05, 0.1) is 19.8 Å². The van der Waals surface area contributed by atoms with Gasteiger partial charge < -0.3 is 19.5 Å². The van der Waals surface area contributed by atoms with Crippen LogP contribution in [0.25, 0.3) is 0 Å². The summed E-state index contributed by atoms with van der Waals surface area (Å²) in [4.78, 5) is 20.2. The van der Waals surface area contributed by atoms with Crippen molar-refractivity contribution in [3.05, 3.63) is 35.9 Å². The van der Waals surface area contributed by atoms with E-state index in [2.05, 4.69) is 6.92 Å². The number of unbranched alkanes of at least 4 members (excludes halogenated alkanes) is 15. The molecule has 0 spiro atoms. The summed E-state index contributed by atoms with van der Waals surface area (Å²) < 4.78 is 27.8. The van der Waals surface area contributed by atoms with Crippen molar-refractivity contribution in [1.29, 1.82) is 0 Å². The molecule has 0 fully saturated rings. The van der Waals surface area contributed by atoms with Crippen molar-refractivity contribution in [1.82, 2.24) is 0 Å². The molecule has 0 saturated carbocycles. The van der Waals surface area contributed by atoms with Gasteiger partial charge in [0.15, 0.2) is 0 Å². The second-order valence-corrected chi connectivity index (χ2v) is 11.6. The standard InChI is InChI=1S/C29H51O7P.Na/c1-2-3-4-5-6-7-8-9-10-11-12-13-14-15-16-20-23-34-25-28(26-36-37(32,33)29(30)31)35-24-27-21-18-17-19-22-27;/h17-19,21-22,28H,2-16,20,23-26H2,1H3,(H,30,31)(H,32,33);. The Balaban J connectivity index is 0.0000137. The molecule has 9 heteroatoms. The Morgan fingerprint density at radius 2 is 1.26 bits per heavy atom. The van der Waals surface area contributed by atoms with Crippen LogP contribution in [0.2, 0.25) is 0 Å². The SMILES string of the molecule is CCCCCCCCCCCCCCCCCCOCC(COP(=O)(O)C(=O)O)OCc1ccccc1.[Na]. The first-order chi connectivity index (χ1) is 18.0. The third kappa shape index (κ3) is 21.6. The average molecular weight is 566 g/mol. The quantitative estimate of drug-likeness (QED) is 0.0661. The van der Waals surface area contributed by atoms with Crippen molar-refractivity contribution in [3.8, 4) is 0 Å². The van der Waals surface area contributed by atoms with Crippen LogP contribution in [0, 0.1) is 0 Å². The fraction of sp³-hybridized carbons (Fsp3) is 0.759. The van der Waals surface area contributed by atoms with Gasteiger partial charge in [-0.05, 0) is 12.0 Å². The van der Waals surface area contributed by atoms with Crippen LogP contribution in [0.3, 0.4) is 0 Å². The Hall–Kier alpha value is -0.240. The molecule has 0 amide bonds. The Kier molecular flexibility index (Phi) is 25.5. The zero-order valence-corrected chi connectivity index (χ0v) is 26.9. The number of rotatable bonds is 26. The molecule has 0 aliphatic heterocycles. The summed E-state index contributed by atoms with van der Waals surface area (Å²) in [5, 5.41) is 8.79. The van der Waals surface area contributed by atoms with Gasteiger partial charge in [0.25, 0.3) is 0 Å². The summed E-state index contributed by atoms with van der Waals surface area (Å²) in [6, 6.07) is 9.50. The number of hydrogen-bond donors (Lipinski definition) is 2. The molecule has 38 heavy (non-hydrogen) atoms. The Morgan fingerprint density at radius 3 is 1.74 bits per heavy atom. The largest absolute Gasteiger partial charge is 0.472 e. The third-order valence-electron chi connectivity index (χ3n) is 6.45. The van der Waals surface area contributed by atoms with Crippen LogP contribution in [0.5, 0.6) is 0 Å². The molecule has 0 aliphatic carbocycles. The number of ether oxygens (including phenoxy) is 2. The van der Waals surface area contributed by atoms with Crippen LogP contribution in [0.1, 0.15) is 115 Å². The normalized spacial score (nSPS) is 13.5. The van der Waals surface area contributed by atoms with Crippen LogP contribution < -0.4 is 0 Å². The molecule has 7 nitrogen and oxygen atoms in total. The van der Waals surface area contributed by atoms with E-state index in [0.717, 1.165) is 18.4 Å². The summed E-state index contributed by atoms with van der Waals surface area (Å²) in [6.07, 6.45) is 20.4. The molecule has 0 aliphatic rings. The third-order valence-corrected chi connectivity index (χ3v) is 7.43. The maximum Gasteiger partial charge on any atom is 0.435 e. The van der Waals surface area contributed by atoms with Crippen LogP contribution in [-0.4, -0.2) is 71.2 Å². The monoisotopic (exact) mass is 565 g/mol. The first kappa shape index (κ1) is 37.8. The molecule has 1 radical (unpaired) electrons. The van der Waals surface area contributed by atoms with Gasteiger partial charge in [0.1, 0.15) is 6.10 Å². The molecule has 0 heterocycles. The Labute approximate surface area is 253 Å². The van der Waals surface area contributed by atoms with E-state index in [4.69, 9.17) is 19.1 Å². The van der Waals surface area contributed by atoms with E-state index in [0.29, 0.717) is 6.61 Å². The minimum absolute atomic E-state index is 0. The number of carbonyl (C=O) groups is 1. The van der Waals surface area contributed by atoms with Crippen molar-refractivity contribution in [2.45, 2.75) is 122 Å². The molecule has 1 aromatic rings. The second kappa shape index (κ2) is 25.7. The van der Waals surface area contributed by atoms with Gasteiger partial charge in [-0.25, -0.2) is 9.36 Å². The molecule has 2 unspecified atom stereocenters. The molecular formula is C29H51NaO7P. The number of benzene rings is 1. The summed E-state index contributed by atoms with van der Waals surface area (Å²) in [5.41, 5.74) is -0.931. The molecule has 0 aromatic heterocycles. The van der Waals surface area contributed by atoms with Crippen LogP contribution in [0.15, 0.2) is 30.3 Å². The first-order valence-corrected chi connectivity index (χ1v) is 16.0. The van der Waals surface area contributed by atoms with Gasteiger partial charge in [-0.3, -0.25) is 4.52 Å². The fourth-order valence-corrected chi connectivity index (χ4v) is 4.62. The second-order valence-electron chi connectivity index (χ2n) is 9.90. The van der Waals surface area contributed by atoms with Gasteiger partial charge in [-0.15, -0.1) is 0 Å².